The summed E-state index contributed by atoms with van der Waals surface area (Å²) in [6.07, 6.45) is 1.68. The van der Waals surface area contributed by atoms with Gasteiger partial charge in [-0.15, -0.1) is 0 Å². The molecule has 2 N–H and O–H groups in total. The lowest BCUT2D eigenvalue weighted by Crippen LogP contribution is -2.39. The zero-order chi connectivity index (χ0) is 16.5. The summed E-state index contributed by atoms with van der Waals surface area (Å²) in [7, 11) is 0. The van der Waals surface area contributed by atoms with Crippen LogP contribution in [0.2, 0.25) is 0 Å². The molecule has 5 heteroatoms. The number of carbonyl (C=O) groups is 2. The van der Waals surface area contributed by atoms with Gasteiger partial charge in [0.15, 0.2) is 0 Å². The fraction of sp³-hybridized carbons (Fsp3) is 0.750. The highest BCUT2D eigenvalue weighted by molar-refractivity contribution is 5.78. The average Bonchev–Trinajstić information content (AvgIpc) is 2.38. The van der Waals surface area contributed by atoms with Gasteiger partial charge in [-0.1, -0.05) is 26.0 Å². The van der Waals surface area contributed by atoms with Gasteiger partial charge >= 0.3 is 5.97 Å². The van der Waals surface area contributed by atoms with Crippen LogP contribution in [0.1, 0.15) is 47.0 Å². The average molecular weight is 298 g/mol. The molecule has 0 fully saturated rings. The number of likely N-dealkylation sites (N-methyl/N-ethyl adjacent to an activating group) is 1. The van der Waals surface area contributed by atoms with Gasteiger partial charge in [0, 0.05) is 19.5 Å². The molecule has 0 aliphatic carbocycles. The van der Waals surface area contributed by atoms with E-state index in [2.05, 4.69) is 25.7 Å². The maximum Gasteiger partial charge on any atom is 0.303 e. The first-order valence-electron chi connectivity index (χ1n) is 7.52. The number of hydrogen-bond donors (Lipinski definition) is 2. The van der Waals surface area contributed by atoms with Crippen molar-refractivity contribution in [2.45, 2.75) is 47.0 Å². The molecule has 122 valence electrons. The molecule has 0 heterocycles. The van der Waals surface area contributed by atoms with E-state index in [4.69, 9.17) is 5.11 Å². The predicted molar refractivity (Wildman–Crippen MR) is 85.2 cm³/mol. The van der Waals surface area contributed by atoms with Gasteiger partial charge in [0.25, 0.3) is 0 Å². The van der Waals surface area contributed by atoms with Gasteiger partial charge in [0.2, 0.25) is 5.91 Å². The molecule has 5 nitrogen and oxygen atoms in total. The fourth-order valence-electron chi connectivity index (χ4n) is 2.01. The number of rotatable bonds is 11. The van der Waals surface area contributed by atoms with Crippen molar-refractivity contribution in [2.24, 2.45) is 5.41 Å². The van der Waals surface area contributed by atoms with Crippen molar-refractivity contribution in [2.75, 3.05) is 26.2 Å². The van der Waals surface area contributed by atoms with Crippen LogP contribution in [0, 0.1) is 5.41 Å². The molecule has 0 aliphatic rings. The van der Waals surface area contributed by atoms with E-state index in [9.17, 15) is 9.59 Å². The van der Waals surface area contributed by atoms with E-state index in [1.807, 2.05) is 13.8 Å². The van der Waals surface area contributed by atoms with E-state index in [-0.39, 0.29) is 17.7 Å². The molecule has 0 spiro atoms. The Hall–Kier alpha value is -1.36. The molecule has 0 radical (unpaired) electrons. The molecule has 0 saturated carbocycles. The molecule has 0 aromatic heterocycles. The molecule has 0 bridgehead atoms. The quantitative estimate of drug-likeness (QED) is 0.453. The summed E-state index contributed by atoms with van der Waals surface area (Å²) < 4.78 is 0. The van der Waals surface area contributed by atoms with Crippen LogP contribution >= 0.6 is 0 Å². The van der Waals surface area contributed by atoms with Gasteiger partial charge in [0.1, 0.15) is 0 Å². The Labute approximate surface area is 128 Å². The molecule has 0 rings (SSSR count). The monoisotopic (exact) mass is 298 g/mol. The predicted octanol–water partition coefficient (Wildman–Crippen LogP) is 2.28. The van der Waals surface area contributed by atoms with Gasteiger partial charge < -0.3 is 15.3 Å². The number of carbonyl (C=O) groups excluding carboxylic acids is 1. The smallest absolute Gasteiger partial charge is 0.303 e. The third-order valence-corrected chi connectivity index (χ3v) is 3.47. The van der Waals surface area contributed by atoms with E-state index in [0.717, 1.165) is 12.0 Å². The molecular weight excluding hydrogens is 268 g/mol. The standard InChI is InChI=1S/C16H30N2O3/c1-6-18(12-13(2)3)14(19)11-17-10-9-16(4,5)8-7-15(20)21/h17H,2,6-12H2,1,3-5H3,(H,20,21). The van der Waals surface area contributed by atoms with Gasteiger partial charge in [-0.05, 0) is 38.6 Å². The summed E-state index contributed by atoms with van der Waals surface area (Å²) in [6.45, 7) is 14.1. The van der Waals surface area contributed by atoms with Crippen LogP contribution in [-0.4, -0.2) is 48.1 Å². The van der Waals surface area contributed by atoms with E-state index in [0.29, 0.717) is 32.6 Å². The summed E-state index contributed by atoms with van der Waals surface area (Å²) in [5.41, 5.74) is 0.941. The van der Waals surface area contributed by atoms with Gasteiger partial charge in [-0.2, -0.15) is 0 Å². The summed E-state index contributed by atoms with van der Waals surface area (Å²) in [6, 6.07) is 0. The molecule has 0 saturated heterocycles. The number of amides is 1. The van der Waals surface area contributed by atoms with E-state index < -0.39 is 5.97 Å². The Morgan fingerprint density at radius 1 is 1.29 bits per heavy atom. The number of carboxylic acid groups (broad SMARTS) is 1. The molecule has 0 aromatic rings. The zero-order valence-corrected chi connectivity index (χ0v) is 13.9. The SMILES string of the molecule is C=C(C)CN(CC)C(=O)CNCCC(C)(C)CCC(=O)O. The summed E-state index contributed by atoms with van der Waals surface area (Å²) >= 11 is 0. The molecule has 0 aromatic carbocycles. The van der Waals surface area contributed by atoms with Crippen LogP contribution in [0.25, 0.3) is 0 Å². The lowest BCUT2D eigenvalue weighted by molar-refractivity contribution is -0.137. The van der Waals surface area contributed by atoms with Crippen molar-refractivity contribution in [1.82, 2.24) is 10.2 Å². The first kappa shape index (κ1) is 19.6. The van der Waals surface area contributed by atoms with Crippen LogP contribution in [-0.2, 0) is 9.59 Å². The number of nitrogens with zero attached hydrogens (tertiary/aromatic N) is 1. The first-order valence-corrected chi connectivity index (χ1v) is 7.52. The van der Waals surface area contributed by atoms with Crippen molar-refractivity contribution in [3.05, 3.63) is 12.2 Å². The van der Waals surface area contributed by atoms with E-state index >= 15 is 0 Å². The fourth-order valence-corrected chi connectivity index (χ4v) is 2.01. The Bertz CT molecular complexity index is 365. The Morgan fingerprint density at radius 3 is 2.38 bits per heavy atom. The second-order valence-corrected chi connectivity index (χ2v) is 6.35. The molecule has 0 atom stereocenters. The topological polar surface area (TPSA) is 69.6 Å². The van der Waals surface area contributed by atoms with Crippen molar-refractivity contribution < 1.29 is 14.7 Å². The summed E-state index contributed by atoms with van der Waals surface area (Å²) in [5, 5.41) is 11.9. The minimum Gasteiger partial charge on any atom is -0.481 e. The largest absolute Gasteiger partial charge is 0.481 e. The maximum absolute atomic E-state index is 12.0. The van der Waals surface area contributed by atoms with Crippen LogP contribution in [0.3, 0.4) is 0 Å². The number of aliphatic carboxylic acids is 1. The minimum atomic E-state index is -0.760. The van der Waals surface area contributed by atoms with Gasteiger partial charge in [-0.25, -0.2) is 0 Å². The van der Waals surface area contributed by atoms with Gasteiger partial charge in [0.05, 0.1) is 6.54 Å². The highest BCUT2D eigenvalue weighted by Gasteiger charge is 2.19. The van der Waals surface area contributed by atoms with Crippen molar-refractivity contribution in [3.8, 4) is 0 Å². The number of hydrogen-bond acceptors (Lipinski definition) is 3. The second-order valence-electron chi connectivity index (χ2n) is 6.35. The normalized spacial score (nSPS) is 11.2. The molecule has 0 aliphatic heterocycles. The van der Waals surface area contributed by atoms with Crippen molar-refractivity contribution in [1.29, 1.82) is 0 Å². The molecule has 0 unspecified atom stereocenters. The number of nitrogens with one attached hydrogen (secondary N) is 1. The van der Waals surface area contributed by atoms with Crippen LogP contribution in [0.15, 0.2) is 12.2 Å². The summed E-state index contributed by atoms with van der Waals surface area (Å²) in [4.78, 5) is 24.4. The van der Waals surface area contributed by atoms with Crippen LogP contribution in [0.4, 0.5) is 0 Å². The third kappa shape index (κ3) is 10.1. The van der Waals surface area contributed by atoms with E-state index in [1.54, 1.807) is 4.90 Å². The van der Waals surface area contributed by atoms with Crippen molar-refractivity contribution in [3.63, 3.8) is 0 Å². The van der Waals surface area contributed by atoms with Gasteiger partial charge in [-0.3, -0.25) is 9.59 Å². The van der Waals surface area contributed by atoms with E-state index in [1.165, 1.54) is 0 Å². The third-order valence-electron chi connectivity index (χ3n) is 3.47. The maximum atomic E-state index is 12.0. The highest BCUT2D eigenvalue weighted by Crippen LogP contribution is 2.25. The zero-order valence-electron chi connectivity index (χ0n) is 13.9. The summed E-state index contributed by atoms with van der Waals surface area (Å²) in [5.74, 6) is -0.687. The van der Waals surface area contributed by atoms with Crippen LogP contribution in [0.5, 0.6) is 0 Å². The lowest BCUT2D eigenvalue weighted by atomic mass is 9.84. The molecule has 1 amide bonds. The number of carboxylic acids is 1. The second kappa shape index (κ2) is 9.55. The molecular formula is C16H30N2O3. The molecule has 21 heavy (non-hydrogen) atoms. The Kier molecular flexibility index (Phi) is 8.93. The lowest BCUT2D eigenvalue weighted by Gasteiger charge is -2.25. The first-order chi connectivity index (χ1) is 9.68. The Morgan fingerprint density at radius 2 is 1.90 bits per heavy atom. The highest BCUT2D eigenvalue weighted by atomic mass is 16.4. The van der Waals surface area contributed by atoms with Crippen LogP contribution < -0.4 is 5.32 Å². The van der Waals surface area contributed by atoms with Crippen molar-refractivity contribution >= 4 is 11.9 Å². The minimum absolute atomic E-state index is 0.0312. The Balaban J connectivity index is 3.99.